The van der Waals surface area contributed by atoms with Crippen LogP contribution in [0.4, 0.5) is 4.79 Å². The molecule has 0 aliphatic heterocycles. The van der Waals surface area contributed by atoms with Crippen LogP contribution in [0.3, 0.4) is 0 Å². The van der Waals surface area contributed by atoms with E-state index in [2.05, 4.69) is 4.74 Å². The second kappa shape index (κ2) is 6.40. The van der Waals surface area contributed by atoms with Crippen LogP contribution in [0.5, 0.6) is 0 Å². The molecular formula is C12H12O4. The molecule has 0 saturated heterocycles. The van der Waals surface area contributed by atoms with Crippen LogP contribution < -0.4 is 0 Å². The number of allylic oxidation sites excluding steroid dienone is 1. The first-order valence-electron chi connectivity index (χ1n) is 4.69. The van der Waals surface area contributed by atoms with Crippen LogP contribution in [0.2, 0.25) is 0 Å². The Balaban J connectivity index is 2.83. The highest BCUT2D eigenvalue weighted by Gasteiger charge is 2.13. The lowest BCUT2D eigenvalue weighted by Crippen LogP contribution is -2.09. The molecule has 0 spiro atoms. The van der Waals surface area contributed by atoms with Crippen LogP contribution in [-0.2, 0) is 14.3 Å². The van der Waals surface area contributed by atoms with Gasteiger partial charge in [0.1, 0.15) is 12.4 Å². The number of aldehydes is 1. The monoisotopic (exact) mass is 220 g/mol. The molecule has 0 amide bonds. The van der Waals surface area contributed by atoms with E-state index in [0.29, 0.717) is 6.29 Å². The van der Waals surface area contributed by atoms with E-state index in [0.717, 1.165) is 5.56 Å². The van der Waals surface area contributed by atoms with Crippen molar-refractivity contribution in [3.05, 3.63) is 48.0 Å². The van der Waals surface area contributed by atoms with Crippen molar-refractivity contribution in [1.29, 1.82) is 0 Å². The molecule has 0 fully saturated rings. The maximum Gasteiger partial charge on any atom is 0.508 e. The minimum absolute atomic E-state index is 0.612. The van der Waals surface area contributed by atoms with Gasteiger partial charge >= 0.3 is 6.16 Å². The summed E-state index contributed by atoms with van der Waals surface area (Å²) in [5, 5.41) is 0. The Morgan fingerprint density at radius 1 is 1.31 bits per heavy atom. The number of methoxy groups -OCH3 is 1. The van der Waals surface area contributed by atoms with Crippen LogP contribution >= 0.6 is 0 Å². The number of ether oxygens (including phenoxy) is 2. The van der Waals surface area contributed by atoms with Gasteiger partial charge < -0.3 is 9.47 Å². The Kier molecular flexibility index (Phi) is 4.79. The van der Waals surface area contributed by atoms with Gasteiger partial charge in [0.25, 0.3) is 0 Å². The summed E-state index contributed by atoms with van der Waals surface area (Å²) in [5.74, 6) is 0. The fraction of sp³-hybridized carbons (Fsp3) is 0.167. The highest BCUT2D eigenvalue weighted by Crippen LogP contribution is 2.18. The van der Waals surface area contributed by atoms with Gasteiger partial charge in [-0.2, -0.15) is 0 Å². The predicted molar refractivity (Wildman–Crippen MR) is 57.9 cm³/mol. The lowest BCUT2D eigenvalue weighted by Gasteiger charge is -2.13. The third kappa shape index (κ3) is 3.57. The number of carbonyl (C=O) groups excluding carboxylic acids is 2. The summed E-state index contributed by atoms with van der Waals surface area (Å²) in [4.78, 5) is 21.2. The molecule has 0 aliphatic rings. The zero-order valence-electron chi connectivity index (χ0n) is 8.83. The Hall–Kier alpha value is -2.10. The van der Waals surface area contributed by atoms with Gasteiger partial charge in [-0.25, -0.2) is 4.79 Å². The van der Waals surface area contributed by atoms with E-state index in [9.17, 15) is 9.59 Å². The van der Waals surface area contributed by atoms with Crippen LogP contribution in [0.1, 0.15) is 11.7 Å². The zero-order valence-corrected chi connectivity index (χ0v) is 8.83. The number of carbonyl (C=O) groups is 2. The van der Waals surface area contributed by atoms with Gasteiger partial charge in [-0.3, -0.25) is 4.79 Å². The Morgan fingerprint density at radius 2 is 2.00 bits per heavy atom. The molecule has 1 rings (SSSR count). The molecule has 0 aliphatic carbocycles. The molecule has 0 bridgehead atoms. The largest absolute Gasteiger partial charge is 0.508 e. The minimum Gasteiger partial charge on any atom is -0.438 e. The molecule has 0 N–H and O–H groups in total. The van der Waals surface area contributed by atoms with E-state index in [-0.39, 0.29) is 0 Å². The van der Waals surface area contributed by atoms with Crippen molar-refractivity contribution in [1.82, 2.24) is 0 Å². The van der Waals surface area contributed by atoms with E-state index >= 15 is 0 Å². The van der Waals surface area contributed by atoms with Crippen molar-refractivity contribution in [2.75, 3.05) is 7.11 Å². The lowest BCUT2D eigenvalue weighted by molar-refractivity contribution is -0.104. The molecule has 0 aromatic heterocycles. The quantitative estimate of drug-likeness (QED) is 0.443. The SMILES string of the molecule is COC(=O)O[C@H](/C=C/C=O)c1ccccc1. The molecule has 1 aromatic carbocycles. The van der Waals surface area contributed by atoms with Crippen molar-refractivity contribution in [2.45, 2.75) is 6.10 Å². The van der Waals surface area contributed by atoms with Gasteiger partial charge in [-0.05, 0) is 17.7 Å². The van der Waals surface area contributed by atoms with Crippen molar-refractivity contribution < 1.29 is 19.1 Å². The highest BCUT2D eigenvalue weighted by atomic mass is 16.7. The van der Waals surface area contributed by atoms with Crippen LogP contribution in [0.15, 0.2) is 42.5 Å². The third-order valence-electron chi connectivity index (χ3n) is 1.88. The summed E-state index contributed by atoms with van der Waals surface area (Å²) in [6, 6.07) is 9.07. The second-order valence-corrected chi connectivity index (χ2v) is 2.92. The highest BCUT2D eigenvalue weighted by molar-refractivity contribution is 5.65. The number of rotatable bonds is 4. The molecule has 4 nitrogen and oxygen atoms in total. The van der Waals surface area contributed by atoms with Crippen molar-refractivity contribution in [3.8, 4) is 0 Å². The lowest BCUT2D eigenvalue weighted by atomic mass is 10.1. The molecule has 1 aromatic rings. The average Bonchev–Trinajstić information content (AvgIpc) is 2.35. The molecule has 0 saturated carbocycles. The first kappa shape index (κ1) is 12.0. The Labute approximate surface area is 93.5 Å². The summed E-state index contributed by atoms with van der Waals surface area (Å²) in [6.45, 7) is 0. The predicted octanol–water partition coefficient (Wildman–Crippen LogP) is 2.27. The van der Waals surface area contributed by atoms with Gasteiger partial charge in [0.15, 0.2) is 0 Å². The van der Waals surface area contributed by atoms with Crippen molar-refractivity contribution in [3.63, 3.8) is 0 Å². The van der Waals surface area contributed by atoms with Gasteiger partial charge in [0.05, 0.1) is 7.11 Å². The molecule has 84 valence electrons. The van der Waals surface area contributed by atoms with Crippen LogP contribution in [0.25, 0.3) is 0 Å². The molecule has 16 heavy (non-hydrogen) atoms. The standard InChI is InChI=1S/C12H12O4/c1-15-12(14)16-11(8-5-9-13)10-6-3-2-4-7-10/h2-9,11H,1H3/b8-5+/t11-/m1/s1. The maximum absolute atomic E-state index is 11.0. The number of benzene rings is 1. The fourth-order valence-corrected chi connectivity index (χ4v) is 1.16. The smallest absolute Gasteiger partial charge is 0.438 e. The summed E-state index contributed by atoms with van der Waals surface area (Å²) >= 11 is 0. The molecule has 0 radical (unpaired) electrons. The average molecular weight is 220 g/mol. The van der Waals surface area contributed by atoms with Crippen LogP contribution in [-0.4, -0.2) is 19.6 Å². The van der Waals surface area contributed by atoms with Crippen molar-refractivity contribution in [2.24, 2.45) is 0 Å². The third-order valence-corrected chi connectivity index (χ3v) is 1.88. The van der Waals surface area contributed by atoms with E-state index in [1.807, 2.05) is 18.2 Å². The summed E-state index contributed by atoms with van der Waals surface area (Å²) < 4.78 is 9.38. The van der Waals surface area contributed by atoms with Gasteiger partial charge in [-0.15, -0.1) is 0 Å². The molecule has 0 unspecified atom stereocenters. The van der Waals surface area contributed by atoms with Crippen molar-refractivity contribution >= 4 is 12.4 Å². The topological polar surface area (TPSA) is 52.6 Å². The normalized spacial score (nSPS) is 12.1. The van der Waals surface area contributed by atoms with Gasteiger partial charge in [0, 0.05) is 0 Å². The number of hydrogen-bond donors (Lipinski definition) is 0. The summed E-state index contributed by atoms with van der Waals surface area (Å²) in [6.07, 6.45) is 1.99. The molecule has 0 heterocycles. The second-order valence-electron chi connectivity index (χ2n) is 2.92. The van der Waals surface area contributed by atoms with Gasteiger partial charge in [-0.1, -0.05) is 30.3 Å². The van der Waals surface area contributed by atoms with Gasteiger partial charge in [0.2, 0.25) is 0 Å². The maximum atomic E-state index is 11.0. The molecular weight excluding hydrogens is 208 g/mol. The fourth-order valence-electron chi connectivity index (χ4n) is 1.16. The number of hydrogen-bond acceptors (Lipinski definition) is 4. The molecule has 4 heteroatoms. The van der Waals surface area contributed by atoms with E-state index < -0.39 is 12.3 Å². The van der Waals surface area contributed by atoms with Crippen LogP contribution in [0, 0.1) is 0 Å². The molecule has 1 atom stereocenters. The summed E-state index contributed by atoms with van der Waals surface area (Å²) in [5.41, 5.74) is 0.769. The summed E-state index contributed by atoms with van der Waals surface area (Å²) in [7, 11) is 1.23. The first-order valence-corrected chi connectivity index (χ1v) is 4.69. The van der Waals surface area contributed by atoms with E-state index in [1.165, 1.54) is 19.3 Å². The zero-order chi connectivity index (χ0) is 11.8. The van der Waals surface area contributed by atoms with E-state index in [1.54, 1.807) is 12.1 Å². The van der Waals surface area contributed by atoms with E-state index in [4.69, 9.17) is 4.74 Å². The first-order chi connectivity index (χ1) is 7.77. The Morgan fingerprint density at radius 3 is 2.56 bits per heavy atom. The minimum atomic E-state index is -0.788. The Bertz CT molecular complexity index is 370.